The summed E-state index contributed by atoms with van der Waals surface area (Å²) in [6.07, 6.45) is 2.42. The van der Waals surface area contributed by atoms with Gasteiger partial charge in [0.15, 0.2) is 0 Å². The van der Waals surface area contributed by atoms with E-state index in [1.807, 2.05) is 26.8 Å². The lowest BCUT2D eigenvalue weighted by Gasteiger charge is -2.29. The molecule has 0 heterocycles. The fourth-order valence-electron chi connectivity index (χ4n) is 2.10. The molecule has 0 unspecified atom stereocenters. The molecule has 0 radical (unpaired) electrons. The largest absolute Gasteiger partial charge is 0.321 e. The molecule has 0 saturated heterocycles. The fourth-order valence-corrected chi connectivity index (χ4v) is 2.10. The summed E-state index contributed by atoms with van der Waals surface area (Å²) < 4.78 is 0. The molecule has 0 atom stereocenters. The number of nitro groups is 1. The van der Waals surface area contributed by atoms with Crippen LogP contribution in [-0.4, -0.2) is 4.92 Å². The summed E-state index contributed by atoms with van der Waals surface area (Å²) in [6.45, 7) is 6.09. The Labute approximate surface area is 102 Å². The number of non-ortho nitro benzene ring substituents is 1. The molecule has 17 heavy (non-hydrogen) atoms. The van der Waals surface area contributed by atoms with Crippen molar-refractivity contribution < 1.29 is 4.92 Å². The lowest BCUT2D eigenvalue weighted by atomic mass is 9.82. The van der Waals surface area contributed by atoms with E-state index in [2.05, 4.69) is 0 Å². The lowest BCUT2D eigenvalue weighted by Crippen LogP contribution is -2.36. The molecule has 2 N–H and O–H groups in total. The summed E-state index contributed by atoms with van der Waals surface area (Å²) >= 11 is 0. The Morgan fingerprint density at radius 1 is 1.29 bits per heavy atom. The molecule has 0 amide bonds. The Balaban J connectivity index is 3.30. The van der Waals surface area contributed by atoms with Crippen LogP contribution in [0.2, 0.25) is 0 Å². The number of hydrogen-bond donors (Lipinski definition) is 1. The van der Waals surface area contributed by atoms with Crippen LogP contribution in [0.15, 0.2) is 18.2 Å². The molecule has 4 nitrogen and oxygen atoms in total. The van der Waals surface area contributed by atoms with E-state index in [0.717, 1.165) is 30.4 Å². The van der Waals surface area contributed by atoms with E-state index >= 15 is 0 Å². The zero-order valence-electron chi connectivity index (χ0n) is 10.7. The van der Waals surface area contributed by atoms with Gasteiger partial charge in [0.25, 0.3) is 5.69 Å². The van der Waals surface area contributed by atoms with Crippen LogP contribution in [0.25, 0.3) is 0 Å². The molecular formula is C13H20N2O2. The molecule has 94 valence electrons. The summed E-state index contributed by atoms with van der Waals surface area (Å²) in [5, 5.41) is 10.7. The van der Waals surface area contributed by atoms with Gasteiger partial charge in [0.05, 0.1) is 4.92 Å². The Morgan fingerprint density at radius 2 is 1.88 bits per heavy atom. The van der Waals surface area contributed by atoms with Gasteiger partial charge in [0.2, 0.25) is 0 Å². The molecule has 0 fully saturated rings. The molecule has 4 heteroatoms. The molecule has 0 spiro atoms. The first-order valence-electron chi connectivity index (χ1n) is 6.05. The van der Waals surface area contributed by atoms with Gasteiger partial charge in [-0.15, -0.1) is 0 Å². The van der Waals surface area contributed by atoms with Crippen LogP contribution >= 0.6 is 0 Å². The van der Waals surface area contributed by atoms with Crippen LogP contribution in [0, 0.1) is 10.1 Å². The van der Waals surface area contributed by atoms with E-state index in [9.17, 15) is 10.1 Å². The third kappa shape index (κ3) is 2.64. The second-order valence-corrected chi connectivity index (χ2v) is 4.32. The minimum absolute atomic E-state index is 0.139. The van der Waals surface area contributed by atoms with Gasteiger partial charge < -0.3 is 5.73 Å². The van der Waals surface area contributed by atoms with E-state index < -0.39 is 0 Å². The Hall–Kier alpha value is -1.42. The van der Waals surface area contributed by atoms with E-state index in [0.29, 0.717) is 0 Å². The first-order chi connectivity index (χ1) is 7.98. The van der Waals surface area contributed by atoms with Gasteiger partial charge in [-0.25, -0.2) is 0 Å². The fraction of sp³-hybridized carbons (Fsp3) is 0.538. The van der Waals surface area contributed by atoms with E-state index in [4.69, 9.17) is 5.73 Å². The van der Waals surface area contributed by atoms with Crippen LogP contribution in [0.3, 0.4) is 0 Å². The minimum atomic E-state index is -0.375. The van der Waals surface area contributed by atoms with Gasteiger partial charge in [-0.05, 0) is 30.4 Å². The van der Waals surface area contributed by atoms with Crippen molar-refractivity contribution in [3.63, 3.8) is 0 Å². The molecular weight excluding hydrogens is 216 g/mol. The van der Waals surface area contributed by atoms with Crippen LogP contribution < -0.4 is 5.73 Å². The van der Waals surface area contributed by atoms with Gasteiger partial charge in [0, 0.05) is 17.7 Å². The van der Waals surface area contributed by atoms with Crippen molar-refractivity contribution in [2.45, 2.75) is 45.6 Å². The van der Waals surface area contributed by atoms with Crippen molar-refractivity contribution in [3.05, 3.63) is 39.4 Å². The summed E-state index contributed by atoms with van der Waals surface area (Å²) in [7, 11) is 0. The van der Waals surface area contributed by atoms with Gasteiger partial charge in [-0.3, -0.25) is 10.1 Å². The van der Waals surface area contributed by atoms with Crippen LogP contribution in [0.4, 0.5) is 5.69 Å². The van der Waals surface area contributed by atoms with E-state index in [1.165, 1.54) is 0 Å². The summed E-state index contributed by atoms with van der Waals surface area (Å²) in [6, 6.07) is 4.99. The van der Waals surface area contributed by atoms with Gasteiger partial charge in [-0.1, -0.05) is 26.8 Å². The molecule has 0 aliphatic carbocycles. The van der Waals surface area contributed by atoms with E-state index in [-0.39, 0.29) is 16.1 Å². The maximum Gasteiger partial charge on any atom is 0.269 e. The highest BCUT2D eigenvalue weighted by molar-refractivity contribution is 5.43. The van der Waals surface area contributed by atoms with E-state index in [1.54, 1.807) is 12.1 Å². The maximum absolute atomic E-state index is 10.7. The number of nitrogens with two attached hydrogens (primary N) is 1. The highest BCUT2D eigenvalue weighted by Gasteiger charge is 2.26. The third-order valence-corrected chi connectivity index (χ3v) is 3.48. The first kappa shape index (κ1) is 13.6. The maximum atomic E-state index is 10.7. The second-order valence-electron chi connectivity index (χ2n) is 4.32. The first-order valence-corrected chi connectivity index (χ1v) is 6.05. The van der Waals surface area contributed by atoms with Crippen molar-refractivity contribution in [2.24, 2.45) is 5.73 Å². The SMILES string of the molecule is CCc1cc([N+](=O)[O-])ccc1C(N)(CC)CC. The summed E-state index contributed by atoms with van der Waals surface area (Å²) in [5.74, 6) is 0. The quantitative estimate of drug-likeness (QED) is 0.630. The number of nitro benzene ring substituents is 1. The van der Waals surface area contributed by atoms with Crippen LogP contribution in [0.1, 0.15) is 44.7 Å². The normalized spacial score (nSPS) is 11.5. The number of benzene rings is 1. The molecule has 0 saturated carbocycles. The van der Waals surface area contributed by atoms with Crippen LogP contribution in [-0.2, 0) is 12.0 Å². The molecule has 0 bridgehead atoms. The smallest absolute Gasteiger partial charge is 0.269 e. The Kier molecular flexibility index (Phi) is 4.23. The molecule has 0 aromatic heterocycles. The number of nitrogens with zero attached hydrogens (tertiary/aromatic N) is 1. The number of aryl methyl sites for hydroxylation is 1. The number of hydrogen-bond acceptors (Lipinski definition) is 3. The monoisotopic (exact) mass is 236 g/mol. The minimum Gasteiger partial charge on any atom is -0.321 e. The molecule has 0 aliphatic heterocycles. The molecule has 1 aromatic rings. The summed E-state index contributed by atoms with van der Waals surface area (Å²) in [5.41, 5.74) is 8.13. The van der Waals surface area contributed by atoms with Crippen molar-refractivity contribution >= 4 is 5.69 Å². The second kappa shape index (κ2) is 5.27. The van der Waals surface area contributed by atoms with Crippen LogP contribution in [0.5, 0.6) is 0 Å². The van der Waals surface area contributed by atoms with Crippen molar-refractivity contribution in [3.8, 4) is 0 Å². The standard InChI is InChI=1S/C13H20N2O2/c1-4-10-9-11(15(16)17)7-8-12(10)13(14,5-2)6-3/h7-9H,4-6,14H2,1-3H3. The predicted octanol–water partition coefficient (Wildman–Crippen LogP) is 3.13. The Bertz CT molecular complexity index is 412. The Morgan fingerprint density at radius 3 is 2.29 bits per heavy atom. The highest BCUT2D eigenvalue weighted by atomic mass is 16.6. The molecule has 1 rings (SSSR count). The van der Waals surface area contributed by atoms with Crippen molar-refractivity contribution in [1.82, 2.24) is 0 Å². The van der Waals surface area contributed by atoms with Gasteiger partial charge in [0.1, 0.15) is 0 Å². The number of rotatable bonds is 5. The van der Waals surface area contributed by atoms with Crippen molar-refractivity contribution in [2.75, 3.05) is 0 Å². The highest BCUT2D eigenvalue weighted by Crippen LogP contribution is 2.31. The topological polar surface area (TPSA) is 69.2 Å². The third-order valence-electron chi connectivity index (χ3n) is 3.48. The summed E-state index contributed by atoms with van der Waals surface area (Å²) in [4.78, 5) is 10.4. The molecule has 0 aliphatic rings. The average molecular weight is 236 g/mol. The molecule has 1 aromatic carbocycles. The zero-order valence-corrected chi connectivity index (χ0v) is 10.7. The zero-order chi connectivity index (χ0) is 13.1. The predicted molar refractivity (Wildman–Crippen MR) is 68.9 cm³/mol. The van der Waals surface area contributed by atoms with Crippen molar-refractivity contribution in [1.29, 1.82) is 0 Å². The van der Waals surface area contributed by atoms with Gasteiger partial charge in [-0.2, -0.15) is 0 Å². The van der Waals surface area contributed by atoms with Gasteiger partial charge >= 0.3 is 0 Å². The average Bonchev–Trinajstić information content (AvgIpc) is 2.36. The lowest BCUT2D eigenvalue weighted by molar-refractivity contribution is -0.384.